The second kappa shape index (κ2) is 7.64. The van der Waals surface area contributed by atoms with Crippen LogP contribution in [0.5, 0.6) is 5.75 Å². The lowest BCUT2D eigenvalue weighted by molar-refractivity contribution is 0.0578. The van der Waals surface area contributed by atoms with E-state index in [1.807, 2.05) is 6.92 Å². The van der Waals surface area contributed by atoms with Gasteiger partial charge in [0.25, 0.3) is 0 Å². The fraction of sp³-hybridized carbons (Fsp3) is 0.417. The molecule has 0 N–H and O–H groups in total. The number of hydrogen-bond donors (Lipinski definition) is 0. The number of carbonyl (C=O) groups is 1. The van der Waals surface area contributed by atoms with Crippen LogP contribution in [0.1, 0.15) is 46.4 Å². The van der Waals surface area contributed by atoms with Crippen molar-refractivity contribution in [1.82, 2.24) is 9.88 Å². The summed E-state index contributed by atoms with van der Waals surface area (Å²) < 4.78 is 11.2. The van der Waals surface area contributed by atoms with E-state index in [1.54, 1.807) is 25.4 Å². The molecule has 2 heterocycles. The predicted octanol–water partition coefficient (Wildman–Crippen LogP) is 4.18. The molecule has 1 saturated heterocycles. The number of carbonyl (C=O) groups excluding carboxylic acids is 1. The Balaban J connectivity index is 1.60. The summed E-state index contributed by atoms with van der Waals surface area (Å²) in [6, 6.07) is 10.4. The summed E-state index contributed by atoms with van der Waals surface area (Å²) in [4.78, 5) is 19.2. The Morgan fingerprint density at radius 2 is 2.10 bits per heavy atom. The van der Waals surface area contributed by atoms with Crippen LogP contribution in [0.3, 0.4) is 0 Å². The smallest absolute Gasteiger partial charge is 0.345 e. The van der Waals surface area contributed by atoms with E-state index in [0.717, 1.165) is 42.9 Å². The van der Waals surface area contributed by atoms with Gasteiger partial charge < -0.3 is 14.4 Å². The van der Waals surface area contributed by atoms with Crippen molar-refractivity contribution < 1.29 is 14.3 Å². The third-order valence-electron chi connectivity index (χ3n) is 6.59. The molecule has 1 fully saturated rings. The molecule has 4 rings (SSSR count). The maximum atomic E-state index is 12.6. The largest absolute Gasteiger partial charge is 0.496 e. The van der Waals surface area contributed by atoms with E-state index in [0.29, 0.717) is 17.3 Å². The summed E-state index contributed by atoms with van der Waals surface area (Å²) in [7, 11) is 3.87. The van der Waals surface area contributed by atoms with Gasteiger partial charge in [-0.3, -0.25) is 4.98 Å². The summed E-state index contributed by atoms with van der Waals surface area (Å²) >= 11 is 0. The van der Waals surface area contributed by atoms with Gasteiger partial charge in [0.05, 0.1) is 18.4 Å². The van der Waals surface area contributed by atoms with Crippen molar-refractivity contribution in [2.75, 3.05) is 20.7 Å². The number of allylic oxidation sites excluding steroid dienone is 1. The third-order valence-corrected chi connectivity index (χ3v) is 6.59. The molecule has 0 amide bonds. The Bertz CT molecular complexity index is 968. The number of aromatic nitrogens is 1. The van der Waals surface area contributed by atoms with Crippen molar-refractivity contribution >= 4 is 5.97 Å². The maximum absolute atomic E-state index is 12.6. The van der Waals surface area contributed by atoms with Crippen molar-refractivity contribution in [2.45, 2.75) is 44.6 Å². The maximum Gasteiger partial charge on any atom is 0.345 e. The van der Waals surface area contributed by atoms with Gasteiger partial charge in [-0.05, 0) is 75.7 Å². The number of fused-ring (bicyclic) bond motifs is 1. The summed E-state index contributed by atoms with van der Waals surface area (Å²) in [5, 5.41) is 0. The lowest BCUT2D eigenvalue weighted by atomic mass is 9.68. The number of aryl methyl sites for hydroxylation is 2. The van der Waals surface area contributed by atoms with Gasteiger partial charge in [-0.1, -0.05) is 12.1 Å². The molecule has 5 nitrogen and oxygen atoms in total. The first-order valence-electron chi connectivity index (χ1n) is 10.1. The molecule has 2 aliphatic rings. The van der Waals surface area contributed by atoms with Crippen molar-refractivity contribution in [3.63, 3.8) is 0 Å². The number of rotatable bonds is 4. The van der Waals surface area contributed by atoms with Gasteiger partial charge in [-0.25, -0.2) is 4.79 Å². The van der Waals surface area contributed by atoms with Crippen LogP contribution >= 0.6 is 0 Å². The normalized spacial score (nSPS) is 24.0. The first kappa shape index (κ1) is 19.6. The summed E-state index contributed by atoms with van der Waals surface area (Å²) in [5.74, 6) is 1.36. The third kappa shape index (κ3) is 3.44. The minimum absolute atomic E-state index is 0.0475. The molecule has 29 heavy (non-hydrogen) atoms. The quantitative estimate of drug-likeness (QED) is 0.731. The van der Waals surface area contributed by atoms with E-state index < -0.39 is 0 Å². The zero-order valence-electron chi connectivity index (χ0n) is 17.6. The number of likely N-dealkylation sites (tertiary alicyclic amines) is 1. The summed E-state index contributed by atoms with van der Waals surface area (Å²) in [6.07, 6.45) is 6.48. The zero-order valence-corrected chi connectivity index (χ0v) is 17.6. The molecule has 0 spiro atoms. The first-order valence-corrected chi connectivity index (χ1v) is 10.1. The van der Waals surface area contributed by atoms with Gasteiger partial charge in [0.15, 0.2) is 0 Å². The topological polar surface area (TPSA) is 51.7 Å². The Morgan fingerprint density at radius 1 is 1.28 bits per heavy atom. The predicted molar refractivity (Wildman–Crippen MR) is 112 cm³/mol. The van der Waals surface area contributed by atoms with Crippen LogP contribution in [0.4, 0.5) is 0 Å². The van der Waals surface area contributed by atoms with Crippen molar-refractivity contribution in [1.29, 1.82) is 0 Å². The molecule has 0 radical (unpaired) electrons. The number of methoxy groups -OCH3 is 1. The highest BCUT2D eigenvalue weighted by Gasteiger charge is 2.49. The molecule has 0 bridgehead atoms. The Kier molecular flexibility index (Phi) is 5.17. The molecule has 2 atom stereocenters. The zero-order chi connectivity index (χ0) is 20.6. The van der Waals surface area contributed by atoms with Gasteiger partial charge in [0, 0.05) is 24.1 Å². The minimum Gasteiger partial charge on any atom is -0.496 e. The molecule has 0 saturated carbocycles. The number of ether oxygens (including phenoxy) is 2. The average molecular weight is 392 g/mol. The second-order valence-corrected chi connectivity index (χ2v) is 8.19. The lowest BCUT2D eigenvalue weighted by Gasteiger charge is -2.41. The van der Waals surface area contributed by atoms with E-state index in [4.69, 9.17) is 9.47 Å². The molecule has 1 aliphatic carbocycles. The van der Waals surface area contributed by atoms with E-state index in [9.17, 15) is 4.79 Å². The van der Waals surface area contributed by atoms with Crippen LogP contribution in [0.2, 0.25) is 0 Å². The van der Waals surface area contributed by atoms with Gasteiger partial charge in [0.2, 0.25) is 0 Å². The van der Waals surface area contributed by atoms with Crippen LogP contribution in [0.15, 0.2) is 48.4 Å². The molecule has 1 aromatic heterocycles. The molecule has 0 unspecified atom stereocenters. The highest BCUT2D eigenvalue weighted by molar-refractivity contribution is 5.91. The average Bonchev–Trinajstić information content (AvgIpc) is 3.05. The molecule has 152 valence electrons. The lowest BCUT2D eigenvalue weighted by Crippen LogP contribution is -2.43. The fourth-order valence-electron chi connectivity index (χ4n) is 4.88. The van der Waals surface area contributed by atoms with E-state index >= 15 is 0 Å². The van der Waals surface area contributed by atoms with Crippen LogP contribution in [-0.4, -0.2) is 42.6 Å². The molecule has 2 aromatic rings. The van der Waals surface area contributed by atoms with Crippen LogP contribution in [0, 0.1) is 13.8 Å². The molecule has 1 aromatic carbocycles. The Hall–Kier alpha value is -2.66. The first-order chi connectivity index (χ1) is 13.9. The van der Waals surface area contributed by atoms with Gasteiger partial charge in [-0.2, -0.15) is 0 Å². The van der Waals surface area contributed by atoms with E-state index in [2.05, 4.69) is 48.1 Å². The van der Waals surface area contributed by atoms with E-state index in [1.165, 1.54) is 5.56 Å². The standard InChI is InChI=1S/C24H28N2O3/c1-16-14-18(7-8-21(16)28-4)24-10-9-19(15-22(24)26(3)13-11-24)29-23(27)20-6-5-12-25-17(20)2/h5-9,12,14,22H,10-11,13,15H2,1-4H3/t22-,24-/m0/s1. The molecular weight excluding hydrogens is 364 g/mol. The Morgan fingerprint density at radius 3 is 2.83 bits per heavy atom. The van der Waals surface area contributed by atoms with Crippen molar-refractivity contribution in [3.05, 3.63) is 70.7 Å². The van der Waals surface area contributed by atoms with Crippen LogP contribution in [0.25, 0.3) is 0 Å². The Labute approximate surface area is 172 Å². The highest BCUT2D eigenvalue weighted by Crippen LogP contribution is 2.48. The van der Waals surface area contributed by atoms with Crippen LogP contribution in [-0.2, 0) is 10.2 Å². The molecular formula is C24H28N2O3. The SMILES string of the molecule is COc1ccc([C@@]23CC=C(OC(=O)c4cccnc4C)C[C@@H]2N(C)CC3)cc1C. The van der Waals surface area contributed by atoms with Crippen molar-refractivity contribution in [3.8, 4) is 5.75 Å². The summed E-state index contributed by atoms with van der Waals surface area (Å²) in [6.45, 7) is 4.95. The summed E-state index contributed by atoms with van der Waals surface area (Å²) in [5.41, 5.74) is 3.76. The van der Waals surface area contributed by atoms with Gasteiger partial charge in [-0.15, -0.1) is 0 Å². The van der Waals surface area contributed by atoms with Gasteiger partial charge in [0.1, 0.15) is 11.5 Å². The number of likely N-dealkylation sites (N-methyl/N-ethyl adjacent to an activating group) is 1. The molecule has 5 heteroatoms. The fourth-order valence-corrected chi connectivity index (χ4v) is 4.88. The second-order valence-electron chi connectivity index (χ2n) is 8.19. The number of benzene rings is 1. The molecule has 1 aliphatic heterocycles. The number of nitrogens with zero attached hydrogens (tertiary/aromatic N) is 2. The number of pyridine rings is 1. The number of hydrogen-bond acceptors (Lipinski definition) is 5. The highest BCUT2D eigenvalue weighted by atomic mass is 16.5. The van der Waals surface area contributed by atoms with Gasteiger partial charge >= 0.3 is 5.97 Å². The number of esters is 1. The minimum atomic E-state index is -0.324. The van der Waals surface area contributed by atoms with Crippen molar-refractivity contribution in [2.24, 2.45) is 0 Å². The van der Waals surface area contributed by atoms with E-state index in [-0.39, 0.29) is 11.4 Å². The monoisotopic (exact) mass is 392 g/mol. The van der Waals surface area contributed by atoms with Crippen LogP contribution < -0.4 is 4.74 Å².